The predicted octanol–water partition coefficient (Wildman–Crippen LogP) is -3.33. The van der Waals surface area contributed by atoms with Gasteiger partial charge in [0, 0.05) is 13.2 Å². The molecule has 2 fully saturated rings. The Bertz CT molecular complexity index is 246. The summed E-state index contributed by atoms with van der Waals surface area (Å²) in [6.45, 7) is -6.17. The molecular formula is C6H14B2O9-2. The molecule has 0 bridgehead atoms. The number of hydrogen-bond donors (Lipinski definition) is 4. The van der Waals surface area contributed by atoms with Gasteiger partial charge in [0.05, 0.1) is 25.4 Å². The third-order valence-corrected chi connectivity index (χ3v) is 2.35. The largest absolute Gasteiger partial charge is 0.533 e. The molecule has 17 heavy (non-hydrogen) atoms. The monoisotopic (exact) mass is 252 g/mol. The van der Waals surface area contributed by atoms with Gasteiger partial charge < -0.3 is 43.5 Å². The predicted molar refractivity (Wildman–Crippen MR) is 52.9 cm³/mol. The van der Waals surface area contributed by atoms with Crippen molar-refractivity contribution in [2.75, 3.05) is 26.4 Å². The molecule has 0 amide bonds. The Hall–Kier alpha value is -0.230. The third-order valence-electron chi connectivity index (χ3n) is 2.35. The van der Waals surface area contributed by atoms with Crippen LogP contribution >= 0.6 is 0 Å². The van der Waals surface area contributed by atoms with E-state index in [1.54, 1.807) is 0 Å². The van der Waals surface area contributed by atoms with E-state index in [4.69, 9.17) is 34.1 Å². The van der Waals surface area contributed by atoms with Crippen LogP contribution in [0.3, 0.4) is 0 Å². The van der Waals surface area contributed by atoms with Gasteiger partial charge in [-0.25, -0.2) is 0 Å². The van der Waals surface area contributed by atoms with Gasteiger partial charge in [0.2, 0.25) is 0 Å². The minimum atomic E-state index is -3.17. The van der Waals surface area contributed by atoms with E-state index in [0.717, 1.165) is 0 Å². The second-order valence-corrected chi connectivity index (χ2v) is 3.99. The molecule has 2 unspecified atom stereocenters. The molecule has 2 rings (SSSR count). The van der Waals surface area contributed by atoms with Gasteiger partial charge in [-0.3, -0.25) is 0 Å². The van der Waals surface area contributed by atoms with Gasteiger partial charge in [0.1, 0.15) is 0 Å². The molecule has 0 saturated carbocycles. The van der Waals surface area contributed by atoms with Crippen molar-refractivity contribution in [3.63, 3.8) is 0 Å². The van der Waals surface area contributed by atoms with Crippen LogP contribution in [-0.4, -0.2) is 72.6 Å². The Labute approximate surface area is 96.9 Å². The van der Waals surface area contributed by atoms with E-state index in [9.17, 15) is 0 Å². The first-order chi connectivity index (χ1) is 7.86. The highest BCUT2D eigenvalue weighted by Crippen LogP contribution is 2.16. The van der Waals surface area contributed by atoms with E-state index in [-0.39, 0.29) is 26.4 Å². The Morgan fingerprint density at radius 1 is 0.882 bits per heavy atom. The summed E-state index contributed by atoms with van der Waals surface area (Å²) in [6.07, 6.45) is -1.16. The van der Waals surface area contributed by atoms with Crippen LogP contribution in [0.4, 0.5) is 0 Å². The summed E-state index contributed by atoms with van der Waals surface area (Å²) in [5, 5.41) is 35.8. The van der Waals surface area contributed by atoms with E-state index < -0.39 is 26.1 Å². The Balaban J connectivity index is 1.61. The van der Waals surface area contributed by atoms with Crippen molar-refractivity contribution in [1.29, 1.82) is 0 Å². The normalized spacial score (nSPS) is 35.3. The molecule has 0 aromatic carbocycles. The lowest BCUT2D eigenvalue weighted by Crippen LogP contribution is -2.38. The van der Waals surface area contributed by atoms with Gasteiger partial charge in [-0.1, -0.05) is 0 Å². The molecule has 11 heteroatoms. The molecule has 0 aromatic heterocycles. The first-order valence-electron chi connectivity index (χ1n) is 5.23. The fourth-order valence-corrected chi connectivity index (χ4v) is 1.63. The van der Waals surface area contributed by atoms with Crippen LogP contribution < -0.4 is 0 Å². The van der Waals surface area contributed by atoms with Crippen LogP contribution in [0.5, 0.6) is 0 Å². The van der Waals surface area contributed by atoms with E-state index in [0.29, 0.717) is 0 Å². The SMILES string of the molecule is O[B-]1(O)OCC(COCC2CO[B-](O)(O)O2)O1. The maximum atomic E-state index is 8.95. The molecule has 0 aromatic rings. The smallest absolute Gasteiger partial charge is 0.526 e. The lowest BCUT2D eigenvalue weighted by Gasteiger charge is -2.22. The maximum absolute atomic E-state index is 8.95. The highest BCUT2D eigenvalue weighted by Gasteiger charge is 2.36. The summed E-state index contributed by atoms with van der Waals surface area (Å²) < 4.78 is 23.7. The molecule has 2 aliphatic rings. The van der Waals surface area contributed by atoms with Gasteiger partial charge in [-0.2, -0.15) is 0 Å². The van der Waals surface area contributed by atoms with E-state index in [1.807, 2.05) is 0 Å². The lowest BCUT2D eigenvalue weighted by molar-refractivity contribution is 0.000146. The molecule has 0 spiro atoms. The zero-order valence-corrected chi connectivity index (χ0v) is 8.97. The topological polar surface area (TPSA) is 127 Å². The van der Waals surface area contributed by atoms with Crippen molar-refractivity contribution in [3.8, 4) is 0 Å². The molecule has 2 heterocycles. The molecule has 2 saturated heterocycles. The second-order valence-electron chi connectivity index (χ2n) is 3.99. The van der Waals surface area contributed by atoms with Crippen molar-refractivity contribution in [3.05, 3.63) is 0 Å². The Morgan fingerprint density at radius 3 is 1.59 bits per heavy atom. The minimum Gasteiger partial charge on any atom is -0.533 e. The quantitative estimate of drug-likeness (QED) is 0.380. The standard InChI is InChI=1S/C6H14B2O9/c9-7(10)14-3-5(16-7)1-13-2-6-4-15-8(11,12)17-6/h5-6,9-12H,1-4H2/q-2. The summed E-state index contributed by atoms with van der Waals surface area (Å²) in [5.41, 5.74) is 0. The fraction of sp³-hybridized carbons (Fsp3) is 1.00. The van der Waals surface area contributed by atoms with Crippen LogP contribution in [0.1, 0.15) is 0 Å². The molecule has 100 valence electrons. The van der Waals surface area contributed by atoms with Crippen LogP contribution in [0.2, 0.25) is 0 Å². The first-order valence-corrected chi connectivity index (χ1v) is 5.23. The zero-order chi connectivity index (χ0) is 12.5. The molecule has 0 aliphatic carbocycles. The second kappa shape index (κ2) is 4.80. The number of rotatable bonds is 4. The van der Waals surface area contributed by atoms with Crippen molar-refractivity contribution in [2.45, 2.75) is 12.2 Å². The van der Waals surface area contributed by atoms with E-state index in [2.05, 4.69) is 9.31 Å². The van der Waals surface area contributed by atoms with E-state index in [1.165, 1.54) is 0 Å². The Kier molecular flexibility index (Phi) is 3.73. The van der Waals surface area contributed by atoms with E-state index >= 15 is 0 Å². The summed E-state index contributed by atoms with van der Waals surface area (Å²) in [6, 6.07) is 0. The van der Waals surface area contributed by atoms with Crippen LogP contribution in [-0.2, 0) is 23.4 Å². The van der Waals surface area contributed by atoms with Gasteiger partial charge in [-0.05, 0) is 0 Å². The molecular weight excluding hydrogens is 238 g/mol. The first kappa shape index (κ1) is 13.2. The number of ether oxygens (including phenoxy) is 1. The van der Waals surface area contributed by atoms with Gasteiger partial charge >= 0.3 is 13.9 Å². The Morgan fingerprint density at radius 2 is 1.29 bits per heavy atom. The van der Waals surface area contributed by atoms with Crippen molar-refractivity contribution in [2.24, 2.45) is 0 Å². The average Bonchev–Trinajstić information content (AvgIpc) is 2.70. The van der Waals surface area contributed by atoms with Crippen LogP contribution in [0.15, 0.2) is 0 Å². The third kappa shape index (κ3) is 3.88. The van der Waals surface area contributed by atoms with Crippen molar-refractivity contribution < 1.29 is 43.5 Å². The summed E-state index contributed by atoms with van der Waals surface area (Å²) in [4.78, 5) is 0. The van der Waals surface area contributed by atoms with Crippen LogP contribution in [0, 0.1) is 0 Å². The molecule has 0 radical (unpaired) electrons. The highest BCUT2D eigenvalue weighted by molar-refractivity contribution is 6.51. The summed E-state index contributed by atoms with van der Waals surface area (Å²) in [7, 11) is 0. The fourth-order valence-electron chi connectivity index (χ4n) is 1.63. The summed E-state index contributed by atoms with van der Waals surface area (Å²) in [5.74, 6) is 0. The molecule has 9 nitrogen and oxygen atoms in total. The van der Waals surface area contributed by atoms with Crippen molar-refractivity contribution >= 4 is 13.9 Å². The van der Waals surface area contributed by atoms with Crippen LogP contribution in [0.25, 0.3) is 0 Å². The van der Waals surface area contributed by atoms with Crippen molar-refractivity contribution in [1.82, 2.24) is 0 Å². The van der Waals surface area contributed by atoms with Gasteiger partial charge in [0.25, 0.3) is 0 Å². The lowest BCUT2D eigenvalue weighted by atomic mass is 10.1. The average molecular weight is 252 g/mol. The maximum Gasteiger partial charge on any atom is 0.526 e. The number of hydrogen-bond acceptors (Lipinski definition) is 9. The summed E-state index contributed by atoms with van der Waals surface area (Å²) >= 11 is 0. The zero-order valence-electron chi connectivity index (χ0n) is 8.97. The molecule has 4 N–H and O–H groups in total. The van der Waals surface area contributed by atoms with Gasteiger partial charge in [-0.15, -0.1) is 0 Å². The van der Waals surface area contributed by atoms with Gasteiger partial charge in [0.15, 0.2) is 0 Å². The highest BCUT2D eigenvalue weighted by atomic mass is 16.8. The minimum absolute atomic E-state index is 0.0168. The molecule has 2 aliphatic heterocycles. The molecule has 2 atom stereocenters.